The van der Waals surface area contributed by atoms with E-state index in [-0.39, 0.29) is 4.83 Å². The molecule has 2 aromatic rings. The zero-order valence-corrected chi connectivity index (χ0v) is 13.8. The molecule has 0 radical (unpaired) electrons. The van der Waals surface area contributed by atoms with Gasteiger partial charge in [-0.05, 0) is 41.7 Å². The molecule has 2 rings (SSSR count). The molecule has 0 bridgehead atoms. The van der Waals surface area contributed by atoms with E-state index in [4.69, 9.17) is 0 Å². The fourth-order valence-electron chi connectivity index (χ4n) is 1.88. The Labute approximate surface area is 126 Å². The molecule has 0 amide bonds. The highest BCUT2D eigenvalue weighted by Crippen LogP contribution is 2.33. The summed E-state index contributed by atoms with van der Waals surface area (Å²) in [7, 11) is 0. The molecule has 0 heterocycles. The second-order valence-corrected chi connectivity index (χ2v) is 6.24. The third-order valence-electron chi connectivity index (χ3n) is 3.17. The van der Waals surface area contributed by atoms with Crippen LogP contribution < -0.4 is 0 Å². The summed E-state index contributed by atoms with van der Waals surface area (Å²) in [6, 6.07) is 15.3. The lowest BCUT2D eigenvalue weighted by Gasteiger charge is -2.12. The maximum Gasteiger partial charge on any atom is 0.0645 e. The van der Waals surface area contributed by atoms with Crippen molar-refractivity contribution >= 4 is 31.9 Å². The summed E-state index contributed by atoms with van der Waals surface area (Å²) in [4.78, 5) is 0.250. The average Bonchev–Trinajstić information content (AvgIpc) is 2.41. The zero-order chi connectivity index (χ0) is 13.1. The monoisotopic (exact) mass is 366 g/mol. The fourth-order valence-corrected chi connectivity index (χ4v) is 2.87. The molecule has 2 heteroatoms. The van der Waals surface area contributed by atoms with Gasteiger partial charge in [-0.2, -0.15) is 0 Å². The fraction of sp³-hybridized carbons (Fsp3) is 0.250. The van der Waals surface area contributed by atoms with E-state index in [0.29, 0.717) is 0 Å². The van der Waals surface area contributed by atoms with Crippen molar-refractivity contribution in [2.45, 2.75) is 25.1 Å². The van der Waals surface area contributed by atoms with Crippen LogP contribution in [-0.4, -0.2) is 0 Å². The van der Waals surface area contributed by atoms with Crippen LogP contribution in [0.2, 0.25) is 0 Å². The van der Waals surface area contributed by atoms with Crippen LogP contribution in [0.4, 0.5) is 0 Å². The maximum absolute atomic E-state index is 3.78. The van der Waals surface area contributed by atoms with Crippen LogP contribution in [0.5, 0.6) is 0 Å². The molecule has 2 aromatic carbocycles. The lowest BCUT2D eigenvalue weighted by Crippen LogP contribution is -1.94. The molecule has 18 heavy (non-hydrogen) atoms. The first-order chi connectivity index (χ1) is 8.61. The summed E-state index contributed by atoms with van der Waals surface area (Å²) < 4.78 is 1.16. The van der Waals surface area contributed by atoms with Gasteiger partial charge in [-0.3, -0.25) is 0 Å². The first kappa shape index (κ1) is 13.8. The first-order valence-electron chi connectivity index (χ1n) is 6.10. The third kappa shape index (κ3) is 3.04. The summed E-state index contributed by atoms with van der Waals surface area (Å²) in [6.45, 7) is 4.28. The largest absolute Gasteiger partial charge is 0.0786 e. The molecular weight excluding hydrogens is 352 g/mol. The van der Waals surface area contributed by atoms with Gasteiger partial charge in [-0.1, -0.05) is 75.2 Å². The van der Waals surface area contributed by atoms with Crippen LogP contribution in [-0.2, 0) is 6.42 Å². The first-order valence-corrected chi connectivity index (χ1v) is 7.81. The zero-order valence-electron chi connectivity index (χ0n) is 10.6. The van der Waals surface area contributed by atoms with Crippen molar-refractivity contribution in [2.75, 3.05) is 0 Å². The van der Waals surface area contributed by atoms with Gasteiger partial charge in [0.05, 0.1) is 4.83 Å². The molecular formula is C16H16Br2. The number of halogens is 2. The Morgan fingerprint density at radius 3 is 2.17 bits per heavy atom. The molecule has 0 spiro atoms. The van der Waals surface area contributed by atoms with Crippen LogP contribution in [0.3, 0.4) is 0 Å². The van der Waals surface area contributed by atoms with Crippen LogP contribution in [0.15, 0.2) is 46.9 Å². The predicted molar refractivity (Wildman–Crippen MR) is 85.5 cm³/mol. The molecule has 0 aliphatic rings. The van der Waals surface area contributed by atoms with Crippen molar-refractivity contribution in [3.05, 3.63) is 69.2 Å². The van der Waals surface area contributed by atoms with Crippen molar-refractivity contribution in [3.63, 3.8) is 0 Å². The van der Waals surface area contributed by atoms with Gasteiger partial charge in [0.25, 0.3) is 0 Å². The second kappa shape index (κ2) is 6.03. The minimum Gasteiger partial charge on any atom is -0.0786 e. The predicted octanol–water partition coefficient (Wildman–Crippen LogP) is 5.80. The van der Waals surface area contributed by atoms with Crippen molar-refractivity contribution < 1.29 is 0 Å². The Morgan fingerprint density at radius 1 is 1.00 bits per heavy atom. The highest BCUT2D eigenvalue weighted by Gasteiger charge is 2.11. The normalized spacial score (nSPS) is 12.4. The van der Waals surface area contributed by atoms with Gasteiger partial charge in [0.15, 0.2) is 0 Å². The van der Waals surface area contributed by atoms with E-state index in [1.807, 2.05) is 0 Å². The molecule has 1 atom stereocenters. The van der Waals surface area contributed by atoms with Gasteiger partial charge in [0.1, 0.15) is 0 Å². The molecule has 0 fully saturated rings. The van der Waals surface area contributed by atoms with Crippen molar-refractivity contribution in [1.29, 1.82) is 0 Å². The Hall–Kier alpha value is -0.600. The lowest BCUT2D eigenvalue weighted by atomic mass is 10.0. The molecule has 0 saturated carbocycles. The van der Waals surface area contributed by atoms with Crippen molar-refractivity contribution in [2.24, 2.45) is 0 Å². The van der Waals surface area contributed by atoms with Crippen LogP contribution >= 0.6 is 31.9 Å². The van der Waals surface area contributed by atoms with E-state index in [1.165, 1.54) is 22.3 Å². The van der Waals surface area contributed by atoms with E-state index in [9.17, 15) is 0 Å². The van der Waals surface area contributed by atoms with Gasteiger partial charge < -0.3 is 0 Å². The highest BCUT2D eigenvalue weighted by atomic mass is 79.9. The number of hydrogen-bond donors (Lipinski definition) is 0. The minimum atomic E-state index is 0.250. The molecule has 94 valence electrons. The van der Waals surface area contributed by atoms with Crippen molar-refractivity contribution in [1.82, 2.24) is 0 Å². The number of hydrogen-bond acceptors (Lipinski definition) is 0. The average molecular weight is 368 g/mol. The molecule has 0 nitrogen and oxygen atoms in total. The summed E-state index contributed by atoms with van der Waals surface area (Å²) in [5, 5.41) is 0. The molecule has 0 saturated heterocycles. The number of aryl methyl sites for hydroxylation is 2. The van der Waals surface area contributed by atoms with Crippen LogP contribution in [0, 0.1) is 6.92 Å². The number of rotatable bonds is 3. The van der Waals surface area contributed by atoms with E-state index in [0.717, 1.165) is 10.9 Å². The van der Waals surface area contributed by atoms with Gasteiger partial charge in [0.2, 0.25) is 0 Å². The Kier molecular flexibility index (Phi) is 4.63. The summed E-state index contributed by atoms with van der Waals surface area (Å²) in [5.74, 6) is 0. The van der Waals surface area contributed by atoms with Crippen LogP contribution in [0.1, 0.15) is 34.0 Å². The molecule has 0 aliphatic heterocycles. The topological polar surface area (TPSA) is 0 Å². The van der Waals surface area contributed by atoms with E-state index < -0.39 is 0 Å². The Bertz CT molecular complexity index is 529. The van der Waals surface area contributed by atoms with Crippen LogP contribution in [0.25, 0.3) is 0 Å². The summed E-state index contributed by atoms with van der Waals surface area (Å²) >= 11 is 7.37. The number of benzene rings is 2. The molecule has 0 aromatic heterocycles. The van der Waals surface area contributed by atoms with E-state index in [1.54, 1.807) is 0 Å². The standard InChI is InChI=1S/C16H16Br2/c1-3-12-5-8-13(9-6-12)16(18)14-7-4-11(2)15(17)10-14/h4-10,16H,3H2,1-2H3. The van der Waals surface area contributed by atoms with Gasteiger partial charge in [0, 0.05) is 4.47 Å². The lowest BCUT2D eigenvalue weighted by molar-refractivity contribution is 1.11. The Morgan fingerprint density at radius 2 is 1.61 bits per heavy atom. The molecule has 0 aliphatic carbocycles. The summed E-state index contributed by atoms with van der Waals surface area (Å²) in [5.41, 5.74) is 5.21. The van der Waals surface area contributed by atoms with Gasteiger partial charge >= 0.3 is 0 Å². The smallest absolute Gasteiger partial charge is 0.0645 e. The Balaban J connectivity index is 2.28. The molecule has 1 unspecified atom stereocenters. The van der Waals surface area contributed by atoms with E-state index >= 15 is 0 Å². The maximum atomic E-state index is 3.78. The highest BCUT2D eigenvalue weighted by molar-refractivity contribution is 9.10. The minimum absolute atomic E-state index is 0.250. The number of alkyl halides is 1. The second-order valence-electron chi connectivity index (χ2n) is 4.47. The quantitative estimate of drug-likeness (QED) is 0.601. The molecule has 0 N–H and O–H groups in total. The van der Waals surface area contributed by atoms with Gasteiger partial charge in [-0.25, -0.2) is 0 Å². The van der Waals surface area contributed by atoms with Crippen molar-refractivity contribution in [3.8, 4) is 0 Å². The third-order valence-corrected chi connectivity index (χ3v) is 5.08. The van der Waals surface area contributed by atoms with E-state index in [2.05, 4.69) is 88.2 Å². The summed E-state index contributed by atoms with van der Waals surface area (Å²) in [6.07, 6.45) is 1.09. The van der Waals surface area contributed by atoms with Gasteiger partial charge in [-0.15, -0.1) is 0 Å². The SMILES string of the molecule is CCc1ccc(C(Br)c2ccc(C)c(Br)c2)cc1.